The zero-order valence-electron chi connectivity index (χ0n) is 11.8. The van der Waals surface area contributed by atoms with Crippen LogP contribution in [-0.2, 0) is 4.79 Å². The van der Waals surface area contributed by atoms with Crippen LogP contribution in [0.5, 0.6) is 0 Å². The Bertz CT molecular complexity index is 361. The Hall–Kier alpha value is -1.30. The highest BCUT2D eigenvalue weighted by molar-refractivity contribution is 5.75. The Morgan fingerprint density at radius 1 is 1.15 bits per heavy atom. The second-order valence-electron chi connectivity index (χ2n) is 5.79. The highest BCUT2D eigenvalue weighted by Gasteiger charge is 2.38. The predicted octanol–water partition coefficient (Wildman–Crippen LogP) is 1.19. The number of aliphatic hydroxyl groups is 1. The molecule has 0 radical (unpaired) electrons. The van der Waals surface area contributed by atoms with Gasteiger partial charge >= 0.3 is 12.0 Å². The Balaban J connectivity index is 1.89. The molecule has 1 saturated carbocycles. The van der Waals surface area contributed by atoms with Crippen LogP contribution >= 0.6 is 0 Å². The van der Waals surface area contributed by atoms with E-state index in [4.69, 9.17) is 5.11 Å². The number of hydrogen-bond donors (Lipinski definition) is 3. The van der Waals surface area contributed by atoms with E-state index in [0.717, 1.165) is 38.5 Å². The van der Waals surface area contributed by atoms with E-state index in [1.807, 2.05) is 0 Å². The number of nitrogens with zero attached hydrogens (tertiary/aromatic N) is 1. The largest absolute Gasteiger partial charge is 0.481 e. The molecule has 0 spiro atoms. The summed E-state index contributed by atoms with van der Waals surface area (Å²) in [6.07, 6.45) is 5.52. The van der Waals surface area contributed by atoms with E-state index in [2.05, 4.69) is 5.32 Å². The van der Waals surface area contributed by atoms with Crippen LogP contribution in [0.15, 0.2) is 0 Å². The molecule has 0 aromatic rings. The third-order valence-electron chi connectivity index (χ3n) is 4.45. The zero-order chi connectivity index (χ0) is 14.5. The molecule has 1 saturated heterocycles. The molecule has 3 atom stereocenters. The van der Waals surface area contributed by atoms with E-state index in [9.17, 15) is 14.7 Å². The molecule has 2 fully saturated rings. The number of carbonyl (C=O) groups is 2. The van der Waals surface area contributed by atoms with E-state index in [1.54, 1.807) is 4.90 Å². The van der Waals surface area contributed by atoms with Crippen LogP contribution in [0.3, 0.4) is 0 Å². The minimum absolute atomic E-state index is 0.0592. The average Bonchev–Trinajstić information content (AvgIpc) is 2.87. The Morgan fingerprint density at radius 2 is 1.90 bits per heavy atom. The topological polar surface area (TPSA) is 89.9 Å². The first-order chi connectivity index (χ1) is 9.59. The number of likely N-dealkylation sites (tertiary alicyclic amines) is 1. The summed E-state index contributed by atoms with van der Waals surface area (Å²) in [5.41, 5.74) is 0. The lowest BCUT2D eigenvalue weighted by atomic mass is 9.80. The van der Waals surface area contributed by atoms with Gasteiger partial charge in [-0.05, 0) is 25.7 Å². The van der Waals surface area contributed by atoms with Crippen LogP contribution in [0.1, 0.15) is 44.9 Å². The van der Waals surface area contributed by atoms with E-state index < -0.39 is 5.97 Å². The molecule has 114 valence electrons. The number of carboxylic acids is 1. The van der Waals surface area contributed by atoms with Crippen molar-refractivity contribution >= 4 is 12.0 Å². The van der Waals surface area contributed by atoms with Gasteiger partial charge in [0.1, 0.15) is 0 Å². The Labute approximate surface area is 119 Å². The highest BCUT2D eigenvalue weighted by atomic mass is 16.4. The normalized spacial score (nSPS) is 30.2. The fraction of sp³-hybridized carbons (Fsp3) is 0.857. The molecule has 0 aromatic carbocycles. The molecule has 0 aromatic heterocycles. The minimum Gasteiger partial charge on any atom is -0.481 e. The van der Waals surface area contributed by atoms with Crippen LogP contribution in [0.4, 0.5) is 4.79 Å². The van der Waals surface area contributed by atoms with Crippen molar-refractivity contribution in [1.29, 1.82) is 0 Å². The molecule has 20 heavy (non-hydrogen) atoms. The average molecular weight is 284 g/mol. The molecule has 3 N–H and O–H groups in total. The van der Waals surface area contributed by atoms with Crippen LogP contribution in [0.25, 0.3) is 0 Å². The van der Waals surface area contributed by atoms with Gasteiger partial charge in [-0.3, -0.25) is 4.79 Å². The number of hydrogen-bond acceptors (Lipinski definition) is 3. The first-order valence-electron chi connectivity index (χ1n) is 7.54. The van der Waals surface area contributed by atoms with Crippen LogP contribution in [-0.4, -0.2) is 52.3 Å². The van der Waals surface area contributed by atoms with Gasteiger partial charge in [0.15, 0.2) is 0 Å². The zero-order valence-corrected chi connectivity index (χ0v) is 11.8. The molecular weight excluding hydrogens is 260 g/mol. The predicted molar refractivity (Wildman–Crippen MR) is 73.3 cm³/mol. The number of carbonyl (C=O) groups excluding carboxylic acids is 1. The minimum atomic E-state index is -0.911. The maximum absolute atomic E-state index is 12.1. The van der Waals surface area contributed by atoms with Crippen LogP contribution in [0.2, 0.25) is 0 Å². The highest BCUT2D eigenvalue weighted by Crippen LogP contribution is 2.34. The number of amides is 2. The molecule has 1 aliphatic heterocycles. The van der Waals surface area contributed by atoms with Gasteiger partial charge in [-0.2, -0.15) is 0 Å². The van der Waals surface area contributed by atoms with Crippen molar-refractivity contribution in [1.82, 2.24) is 10.2 Å². The number of carboxylic acid groups (broad SMARTS) is 1. The molecule has 6 nitrogen and oxygen atoms in total. The number of aliphatic hydroxyl groups excluding tert-OH is 1. The van der Waals surface area contributed by atoms with E-state index in [1.165, 1.54) is 0 Å². The van der Waals surface area contributed by atoms with Gasteiger partial charge in [0.2, 0.25) is 0 Å². The Morgan fingerprint density at radius 3 is 2.60 bits per heavy atom. The number of nitrogens with one attached hydrogen (secondary N) is 1. The van der Waals surface area contributed by atoms with Gasteiger partial charge in [-0.15, -0.1) is 0 Å². The second kappa shape index (κ2) is 6.92. The SMILES string of the molecule is O=C(O)CCNC(=O)N1CCCC1C1CCCCC1O. The summed E-state index contributed by atoms with van der Waals surface area (Å²) in [5.74, 6) is -0.734. The van der Waals surface area contributed by atoms with Crippen molar-refractivity contribution in [3.8, 4) is 0 Å². The van der Waals surface area contributed by atoms with Gasteiger partial charge in [0.25, 0.3) is 0 Å². The van der Waals surface area contributed by atoms with Crippen molar-refractivity contribution in [2.75, 3.05) is 13.1 Å². The summed E-state index contributed by atoms with van der Waals surface area (Å²) < 4.78 is 0. The van der Waals surface area contributed by atoms with Crippen molar-refractivity contribution in [3.05, 3.63) is 0 Å². The number of aliphatic carboxylic acids is 1. The molecular formula is C14H24N2O4. The number of rotatable bonds is 4. The summed E-state index contributed by atoms with van der Waals surface area (Å²) in [4.78, 5) is 24.4. The van der Waals surface area contributed by atoms with Crippen molar-refractivity contribution in [2.45, 2.75) is 57.1 Å². The monoisotopic (exact) mass is 284 g/mol. The third-order valence-corrected chi connectivity index (χ3v) is 4.45. The van der Waals surface area contributed by atoms with Gasteiger partial charge in [0.05, 0.1) is 12.5 Å². The van der Waals surface area contributed by atoms with Crippen molar-refractivity contribution < 1.29 is 19.8 Å². The molecule has 0 bridgehead atoms. The Kier molecular flexibility index (Phi) is 5.23. The molecule has 6 heteroatoms. The maximum Gasteiger partial charge on any atom is 0.317 e. The summed E-state index contributed by atoms with van der Waals surface area (Å²) in [5, 5.41) is 21.4. The molecule has 2 amide bonds. The smallest absolute Gasteiger partial charge is 0.317 e. The third kappa shape index (κ3) is 3.62. The van der Waals surface area contributed by atoms with Gasteiger partial charge in [-0.1, -0.05) is 12.8 Å². The first-order valence-corrected chi connectivity index (χ1v) is 7.54. The van der Waals surface area contributed by atoms with Crippen molar-refractivity contribution in [3.63, 3.8) is 0 Å². The standard InChI is InChI=1S/C14H24N2O4/c17-12-6-2-1-4-10(12)11-5-3-9-16(11)14(20)15-8-7-13(18)19/h10-12,17H,1-9H2,(H,15,20)(H,18,19). The summed E-state index contributed by atoms with van der Waals surface area (Å²) >= 11 is 0. The second-order valence-corrected chi connectivity index (χ2v) is 5.79. The molecule has 2 aliphatic rings. The number of urea groups is 1. The van der Waals surface area contributed by atoms with E-state index in [-0.39, 0.29) is 37.1 Å². The lowest BCUT2D eigenvalue weighted by Gasteiger charge is -2.37. The lowest BCUT2D eigenvalue weighted by molar-refractivity contribution is -0.136. The van der Waals surface area contributed by atoms with Crippen molar-refractivity contribution in [2.24, 2.45) is 5.92 Å². The van der Waals surface area contributed by atoms with Gasteiger partial charge in [-0.25, -0.2) is 4.79 Å². The fourth-order valence-corrected chi connectivity index (χ4v) is 3.46. The summed E-state index contributed by atoms with van der Waals surface area (Å²) in [7, 11) is 0. The molecule has 2 rings (SSSR count). The van der Waals surface area contributed by atoms with Gasteiger partial charge in [0, 0.05) is 25.0 Å². The fourth-order valence-electron chi connectivity index (χ4n) is 3.46. The molecule has 1 heterocycles. The maximum atomic E-state index is 12.1. The molecule has 3 unspecified atom stereocenters. The quantitative estimate of drug-likeness (QED) is 0.723. The van der Waals surface area contributed by atoms with Crippen LogP contribution < -0.4 is 5.32 Å². The van der Waals surface area contributed by atoms with E-state index in [0.29, 0.717) is 6.54 Å². The molecule has 1 aliphatic carbocycles. The summed E-state index contributed by atoms with van der Waals surface area (Å²) in [6.45, 7) is 0.859. The van der Waals surface area contributed by atoms with E-state index >= 15 is 0 Å². The first kappa shape index (κ1) is 15.1. The lowest BCUT2D eigenvalue weighted by Crippen LogP contribution is -2.49. The summed E-state index contributed by atoms with van der Waals surface area (Å²) in [6, 6.07) is -0.0818. The van der Waals surface area contributed by atoms with Gasteiger partial charge < -0.3 is 20.4 Å². The van der Waals surface area contributed by atoms with Crippen LogP contribution in [0, 0.1) is 5.92 Å².